The van der Waals surface area contributed by atoms with Gasteiger partial charge in [0.15, 0.2) is 18.2 Å². The standard InChI is InChI=1S/C23H22F3N5O3/c1-15(30-12-8-23(25,26)18(14-30)16-6-10-31(33)11-7-16)21(32)29-20-5-4-17(13-28-20)34-22-19(24)3-2-9-27-22/h2-7,9-11,13,15,18H,8,12,14H2,1H3,(H,28,29,32)/t15-,18+/m0/s1. The third-order valence-corrected chi connectivity index (χ3v) is 5.74. The lowest BCUT2D eigenvalue weighted by molar-refractivity contribution is -0.605. The third kappa shape index (κ3) is 5.25. The van der Waals surface area contributed by atoms with Crippen molar-refractivity contribution >= 4 is 11.7 Å². The lowest BCUT2D eigenvalue weighted by Gasteiger charge is -2.40. The van der Waals surface area contributed by atoms with Crippen LogP contribution in [0.2, 0.25) is 0 Å². The van der Waals surface area contributed by atoms with Crippen LogP contribution in [0.4, 0.5) is 19.0 Å². The fourth-order valence-electron chi connectivity index (χ4n) is 3.75. The number of likely N-dealkylation sites (tertiary alicyclic amines) is 1. The van der Waals surface area contributed by atoms with Crippen LogP contribution in [-0.2, 0) is 4.79 Å². The van der Waals surface area contributed by atoms with Crippen LogP contribution in [0.15, 0.2) is 61.2 Å². The molecule has 8 nitrogen and oxygen atoms in total. The van der Waals surface area contributed by atoms with E-state index in [1.165, 1.54) is 61.2 Å². The van der Waals surface area contributed by atoms with Gasteiger partial charge in [-0.1, -0.05) is 0 Å². The van der Waals surface area contributed by atoms with Crippen LogP contribution in [-0.4, -0.2) is 45.8 Å². The first-order chi connectivity index (χ1) is 16.2. The van der Waals surface area contributed by atoms with Gasteiger partial charge in [0.2, 0.25) is 5.91 Å². The predicted octanol–water partition coefficient (Wildman–Crippen LogP) is 3.49. The molecule has 4 heterocycles. The van der Waals surface area contributed by atoms with Crippen molar-refractivity contribution in [3.8, 4) is 11.6 Å². The van der Waals surface area contributed by atoms with Crippen LogP contribution in [0.3, 0.4) is 0 Å². The maximum atomic E-state index is 14.6. The molecule has 0 bridgehead atoms. The number of hydrogen-bond acceptors (Lipinski definition) is 6. The summed E-state index contributed by atoms with van der Waals surface area (Å²) in [5, 5.41) is 13.9. The number of nitrogens with one attached hydrogen (secondary N) is 1. The van der Waals surface area contributed by atoms with Crippen molar-refractivity contribution in [2.45, 2.75) is 31.2 Å². The Bertz CT molecular complexity index is 1150. The molecule has 1 N–H and O–H groups in total. The van der Waals surface area contributed by atoms with E-state index < -0.39 is 36.0 Å². The molecule has 0 aliphatic carbocycles. The number of alkyl halides is 2. The normalized spacial score (nSPS) is 18.8. The van der Waals surface area contributed by atoms with Crippen LogP contribution in [0.25, 0.3) is 0 Å². The summed E-state index contributed by atoms with van der Waals surface area (Å²) >= 11 is 0. The molecule has 0 spiro atoms. The molecule has 1 saturated heterocycles. The molecular formula is C23H22F3N5O3. The Kier molecular flexibility index (Phi) is 6.64. The van der Waals surface area contributed by atoms with Crippen molar-refractivity contribution in [3.63, 3.8) is 0 Å². The van der Waals surface area contributed by atoms with E-state index in [4.69, 9.17) is 4.74 Å². The summed E-state index contributed by atoms with van der Waals surface area (Å²) in [6, 6.07) is 7.69. The lowest BCUT2D eigenvalue weighted by atomic mass is 9.87. The fourth-order valence-corrected chi connectivity index (χ4v) is 3.75. The van der Waals surface area contributed by atoms with Crippen LogP contribution >= 0.6 is 0 Å². The minimum absolute atomic E-state index is 0.0414. The van der Waals surface area contributed by atoms with E-state index in [1.54, 1.807) is 11.8 Å². The number of amides is 1. The van der Waals surface area contributed by atoms with Gasteiger partial charge in [-0.2, -0.15) is 4.73 Å². The van der Waals surface area contributed by atoms with Gasteiger partial charge in [-0.3, -0.25) is 9.69 Å². The summed E-state index contributed by atoms with van der Waals surface area (Å²) in [5.74, 6) is -4.87. The molecular weight excluding hydrogens is 451 g/mol. The average molecular weight is 473 g/mol. The number of aromatic nitrogens is 3. The summed E-state index contributed by atoms with van der Waals surface area (Å²) in [6.07, 6.45) is 4.66. The van der Waals surface area contributed by atoms with E-state index in [9.17, 15) is 23.2 Å². The number of ether oxygens (including phenoxy) is 1. The highest BCUT2D eigenvalue weighted by Gasteiger charge is 2.46. The average Bonchev–Trinajstić information content (AvgIpc) is 2.82. The second-order valence-electron chi connectivity index (χ2n) is 7.99. The number of carbonyl (C=O) groups excluding carboxylic acids is 1. The van der Waals surface area contributed by atoms with E-state index >= 15 is 0 Å². The molecule has 178 valence electrons. The van der Waals surface area contributed by atoms with Gasteiger partial charge in [-0.05, 0) is 36.8 Å². The van der Waals surface area contributed by atoms with Gasteiger partial charge in [0.05, 0.1) is 18.2 Å². The number of rotatable bonds is 6. The number of anilines is 1. The van der Waals surface area contributed by atoms with Gasteiger partial charge in [0, 0.05) is 37.8 Å². The predicted molar refractivity (Wildman–Crippen MR) is 116 cm³/mol. The van der Waals surface area contributed by atoms with Gasteiger partial charge in [-0.25, -0.2) is 23.1 Å². The van der Waals surface area contributed by atoms with Gasteiger partial charge in [-0.15, -0.1) is 0 Å². The maximum Gasteiger partial charge on any atom is 0.257 e. The first kappa shape index (κ1) is 23.4. The molecule has 0 aromatic carbocycles. The molecule has 0 radical (unpaired) electrons. The van der Waals surface area contributed by atoms with Crippen LogP contribution in [0, 0.1) is 11.0 Å². The van der Waals surface area contributed by atoms with Crippen LogP contribution in [0.1, 0.15) is 24.8 Å². The van der Waals surface area contributed by atoms with Crippen molar-refractivity contribution in [2.24, 2.45) is 0 Å². The Morgan fingerprint density at radius 1 is 1.26 bits per heavy atom. The monoisotopic (exact) mass is 473 g/mol. The molecule has 1 aliphatic heterocycles. The largest absolute Gasteiger partial charge is 0.619 e. The number of piperidine rings is 1. The molecule has 3 aromatic heterocycles. The number of halogens is 3. The quantitative estimate of drug-likeness (QED) is 0.435. The molecule has 0 unspecified atom stereocenters. The lowest BCUT2D eigenvalue weighted by Crippen LogP contribution is -2.52. The zero-order valence-electron chi connectivity index (χ0n) is 18.2. The van der Waals surface area contributed by atoms with E-state index in [1.807, 2.05) is 0 Å². The minimum atomic E-state index is -2.95. The van der Waals surface area contributed by atoms with Gasteiger partial charge in [0.1, 0.15) is 11.6 Å². The molecule has 1 fully saturated rings. The maximum absolute atomic E-state index is 14.6. The zero-order valence-corrected chi connectivity index (χ0v) is 18.2. The topological polar surface area (TPSA) is 94.3 Å². The van der Waals surface area contributed by atoms with Gasteiger partial charge < -0.3 is 15.3 Å². The first-order valence-corrected chi connectivity index (χ1v) is 10.6. The highest BCUT2D eigenvalue weighted by atomic mass is 19.3. The first-order valence-electron chi connectivity index (χ1n) is 10.6. The van der Waals surface area contributed by atoms with E-state index in [-0.39, 0.29) is 30.5 Å². The van der Waals surface area contributed by atoms with Crippen molar-refractivity contribution < 1.29 is 27.4 Å². The Morgan fingerprint density at radius 2 is 2.03 bits per heavy atom. The van der Waals surface area contributed by atoms with Crippen molar-refractivity contribution in [1.82, 2.24) is 14.9 Å². The van der Waals surface area contributed by atoms with Crippen molar-refractivity contribution in [2.75, 3.05) is 18.4 Å². The smallest absolute Gasteiger partial charge is 0.257 e. The summed E-state index contributed by atoms with van der Waals surface area (Å²) in [6.45, 7) is 1.64. The second-order valence-corrected chi connectivity index (χ2v) is 7.99. The number of hydrogen-bond donors (Lipinski definition) is 1. The highest BCUT2D eigenvalue weighted by Crippen LogP contribution is 2.40. The number of nitrogens with zero attached hydrogens (tertiary/aromatic N) is 4. The SMILES string of the molecule is C[C@@H](C(=O)Nc1ccc(Oc2ncccc2F)cn1)N1CCC(F)(F)[C@@H](c2cc[n+]([O-])cc2)C1. The van der Waals surface area contributed by atoms with Crippen LogP contribution in [0.5, 0.6) is 11.6 Å². The summed E-state index contributed by atoms with van der Waals surface area (Å²) < 4.78 is 48.7. The molecule has 34 heavy (non-hydrogen) atoms. The summed E-state index contributed by atoms with van der Waals surface area (Å²) in [7, 11) is 0. The highest BCUT2D eigenvalue weighted by molar-refractivity contribution is 5.93. The molecule has 3 aromatic rings. The van der Waals surface area contributed by atoms with Gasteiger partial charge in [0.25, 0.3) is 11.8 Å². The number of pyridine rings is 3. The van der Waals surface area contributed by atoms with Crippen molar-refractivity contribution in [1.29, 1.82) is 0 Å². The van der Waals surface area contributed by atoms with Crippen molar-refractivity contribution in [3.05, 3.63) is 77.8 Å². The Morgan fingerprint density at radius 3 is 2.71 bits per heavy atom. The molecule has 4 rings (SSSR count). The zero-order chi connectivity index (χ0) is 24.3. The van der Waals surface area contributed by atoms with E-state index in [2.05, 4.69) is 15.3 Å². The van der Waals surface area contributed by atoms with Gasteiger partial charge >= 0.3 is 0 Å². The third-order valence-electron chi connectivity index (χ3n) is 5.74. The Labute approximate surface area is 193 Å². The molecule has 1 aliphatic rings. The second kappa shape index (κ2) is 9.64. The molecule has 2 atom stereocenters. The van der Waals surface area contributed by atoms with E-state index in [0.717, 1.165) is 0 Å². The van der Waals surface area contributed by atoms with E-state index in [0.29, 0.717) is 10.3 Å². The summed E-state index contributed by atoms with van der Waals surface area (Å²) in [5.41, 5.74) is 0.344. The number of carbonyl (C=O) groups is 1. The Hall–Kier alpha value is -3.73. The summed E-state index contributed by atoms with van der Waals surface area (Å²) in [4.78, 5) is 22.3. The Balaban J connectivity index is 1.39. The molecule has 11 heteroatoms. The molecule has 1 amide bonds. The fraction of sp³-hybridized carbons (Fsp3) is 0.304. The van der Waals surface area contributed by atoms with Crippen LogP contribution < -0.4 is 14.8 Å². The minimum Gasteiger partial charge on any atom is -0.619 e. The molecule has 0 saturated carbocycles.